The fourth-order valence-corrected chi connectivity index (χ4v) is 2.43. The zero-order valence-corrected chi connectivity index (χ0v) is 12.3. The van der Waals surface area contributed by atoms with Gasteiger partial charge in [-0.25, -0.2) is 0 Å². The number of rotatable bonds is 7. The van der Waals surface area contributed by atoms with Crippen molar-refractivity contribution in [3.05, 3.63) is 29.8 Å². The van der Waals surface area contributed by atoms with Crippen molar-refractivity contribution in [3.8, 4) is 5.75 Å². The maximum absolute atomic E-state index is 9.24. The van der Waals surface area contributed by atoms with Crippen LogP contribution in [-0.4, -0.2) is 42.4 Å². The Bertz CT molecular complexity index is 363. The van der Waals surface area contributed by atoms with Gasteiger partial charge in [-0.05, 0) is 38.5 Å². The maximum atomic E-state index is 9.24. The number of nitrogens with zero attached hydrogens (tertiary/aromatic N) is 1. The number of methoxy groups -OCH3 is 1. The minimum absolute atomic E-state index is 0.0117. The van der Waals surface area contributed by atoms with Gasteiger partial charge < -0.3 is 15.6 Å². The number of nitrogens with two attached hydrogens (primary N) is 1. The molecular weight excluding hydrogens is 240 g/mol. The summed E-state index contributed by atoms with van der Waals surface area (Å²) in [6.07, 6.45) is 0. The Morgan fingerprint density at radius 2 is 1.79 bits per heavy atom. The first-order valence-corrected chi connectivity index (χ1v) is 6.77. The van der Waals surface area contributed by atoms with Crippen molar-refractivity contribution < 1.29 is 9.84 Å². The highest BCUT2D eigenvalue weighted by Gasteiger charge is 2.25. The van der Waals surface area contributed by atoms with Crippen molar-refractivity contribution in [2.75, 3.05) is 20.3 Å². The summed E-state index contributed by atoms with van der Waals surface area (Å²) < 4.78 is 5.18. The van der Waals surface area contributed by atoms with E-state index in [1.54, 1.807) is 7.11 Å². The Labute approximate surface area is 116 Å². The van der Waals surface area contributed by atoms with Gasteiger partial charge in [-0.15, -0.1) is 0 Å². The van der Waals surface area contributed by atoms with Gasteiger partial charge in [-0.3, -0.25) is 4.90 Å². The molecule has 0 saturated carbocycles. The van der Waals surface area contributed by atoms with E-state index in [4.69, 9.17) is 10.5 Å². The number of ether oxygens (including phenoxy) is 1. The Morgan fingerprint density at radius 1 is 1.21 bits per heavy atom. The molecule has 2 unspecified atom stereocenters. The highest BCUT2D eigenvalue weighted by molar-refractivity contribution is 5.30. The average Bonchev–Trinajstić information content (AvgIpc) is 2.38. The molecule has 0 bridgehead atoms. The summed E-state index contributed by atoms with van der Waals surface area (Å²) in [6.45, 7) is 7.00. The van der Waals surface area contributed by atoms with Crippen molar-refractivity contribution in [1.29, 1.82) is 0 Å². The second-order valence-corrected chi connectivity index (χ2v) is 5.13. The molecule has 2 atom stereocenters. The van der Waals surface area contributed by atoms with Crippen molar-refractivity contribution in [2.45, 2.75) is 38.9 Å². The summed E-state index contributed by atoms with van der Waals surface area (Å²) in [5.74, 6) is 0.838. The Balaban J connectivity index is 3.03. The first kappa shape index (κ1) is 16.0. The smallest absolute Gasteiger partial charge is 0.118 e. The second kappa shape index (κ2) is 7.48. The van der Waals surface area contributed by atoms with E-state index in [0.717, 1.165) is 11.3 Å². The number of aliphatic hydroxyl groups excluding tert-OH is 1. The SMILES string of the molecule is COc1ccc(C(C(C)N)N(CCO)C(C)C)cc1. The Kier molecular flexibility index (Phi) is 6.28. The van der Waals surface area contributed by atoms with Crippen molar-refractivity contribution in [1.82, 2.24) is 4.90 Å². The van der Waals surface area contributed by atoms with E-state index >= 15 is 0 Å². The number of hydrogen-bond acceptors (Lipinski definition) is 4. The number of aliphatic hydroxyl groups is 1. The van der Waals surface area contributed by atoms with Crippen LogP contribution in [0.1, 0.15) is 32.4 Å². The molecule has 1 rings (SSSR count). The van der Waals surface area contributed by atoms with Crippen LogP contribution in [0.25, 0.3) is 0 Å². The van der Waals surface area contributed by atoms with Gasteiger partial charge in [0.1, 0.15) is 5.75 Å². The van der Waals surface area contributed by atoms with Crippen LogP contribution in [0.2, 0.25) is 0 Å². The first-order chi connectivity index (χ1) is 9.01. The molecule has 0 aliphatic carbocycles. The molecule has 0 aromatic heterocycles. The van der Waals surface area contributed by atoms with Crippen molar-refractivity contribution >= 4 is 0 Å². The summed E-state index contributed by atoms with van der Waals surface area (Å²) in [4.78, 5) is 2.23. The van der Waals surface area contributed by atoms with Crippen LogP contribution in [0.3, 0.4) is 0 Å². The quantitative estimate of drug-likeness (QED) is 0.790. The molecule has 108 valence electrons. The van der Waals surface area contributed by atoms with Crippen LogP contribution in [0.15, 0.2) is 24.3 Å². The normalized spacial score (nSPS) is 14.7. The highest BCUT2D eigenvalue weighted by atomic mass is 16.5. The van der Waals surface area contributed by atoms with E-state index in [2.05, 4.69) is 18.7 Å². The molecule has 0 spiro atoms. The van der Waals surface area contributed by atoms with Crippen LogP contribution in [0.5, 0.6) is 5.75 Å². The van der Waals surface area contributed by atoms with Crippen molar-refractivity contribution in [2.24, 2.45) is 5.73 Å². The zero-order chi connectivity index (χ0) is 14.4. The topological polar surface area (TPSA) is 58.7 Å². The molecule has 0 aliphatic rings. The summed E-state index contributed by atoms with van der Waals surface area (Å²) in [5, 5.41) is 9.24. The van der Waals surface area contributed by atoms with Crippen LogP contribution in [0, 0.1) is 0 Å². The molecule has 0 saturated heterocycles. The Hall–Kier alpha value is -1.10. The average molecular weight is 266 g/mol. The molecule has 0 fully saturated rings. The van der Waals surface area contributed by atoms with E-state index < -0.39 is 0 Å². The molecule has 4 nitrogen and oxygen atoms in total. The predicted octanol–water partition coefficient (Wildman–Crippen LogP) is 1.79. The fraction of sp³-hybridized carbons (Fsp3) is 0.600. The van der Waals surface area contributed by atoms with Crippen LogP contribution in [-0.2, 0) is 0 Å². The van der Waals surface area contributed by atoms with Crippen LogP contribution in [0.4, 0.5) is 0 Å². The lowest BCUT2D eigenvalue weighted by Crippen LogP contribution is -2.44. The van der Waals surface area contributed by atoms with Gasteiger partial charge in [0.15, 0.2) is 0 Å². The van der Waals surface area contributed by atoms with E-state index in [1.165, 1.54) is 0 Å². The predicted molar refractivity (Wildman–Crippen MR) is 78.3 cm³/mol. The molecular formula is C15H26N2O2. The van der Waals surface area contributed by atoms with Gasteiger partial charge in [-0.2, -0.15) is 0 Å². The monoisotopic (exact) mass is 266 g/mol. The summed E-state index contributed by atoms with van der Waals surface area (Å²) >= 11 is 0. The molecule has 1 aromatic rings. The lowest BCUT2D eigenvalue weighted by Gasteiger charge is -2.37. The lowest BCUT2D eigenvalue weighted by atomic mass is 9.97. The summed E-state index contributed by atoms with van der Waals surface area (Å²) in [7, 11) is 1.66. The van der Waals surface area contributed by atoms with Gasteiger partial charge in [0.05, 0.1) is 13.7 Å². The van der Waals surface area contributed by atoms with Gasteiger partial charge in [0.2, 0.25) is 0 Å². The summed E-state index contributed by atoms with van der Waals surface area (Å²) in [6, 6.07) is 8.38. The van der Waals surface area contributed by atoms with E-state index in [0.29, 0.717) is 12.6 Å². The highest BCUT2D eigenvalue weighted by Crippen LogP contribution is 2.27. The van der Waals surface area contributed by atoms with Gasteiger partial charge in [0.25, 0.3) is 0 Å². The number of hydrogen-bond donors (Lipinski definition) is 2. The van der Waals surface area contributed by atoms with E-state index in [-0.39, 0.29) is 18.7 Å². The van der Waals surface area contributed by atoms with Crippen molar-refractivity contribution in [3.63, 3.8) is 0 Å². The van der Waals surface area contributed by atoms with E-state index in [9.17, 15) is 5.11 Å². The molecule has 0 heterocycles. The molecule has 19 heavy (non-hydrogen) atoms. The third kappa shape index (κ3) is 4.20. The first-order valence-electron chi connectivity index (χ1n) is 6.77. The lowest BCUT2D eigenvalue weighted by molar-refractivity contribution is 0.105. The van der Waals surface area contributed by atoms with Gasteiger partial charge >= 0.3 is 0 Å². The number of benzene rings is 1. The Morgan fingerprint density at radius 3 is 2.16 bits per heavy atom. The van der Waals surface area contributed by atoms with Gasteiger partial charge in [-0.1, -0.05) is 12.1 Å². The molecule has 4 heteroatoms. The zero-order valence-electron chi connectivity index (χ0n) is 12.3. The minimum Gasteiger partial charge on any atom is -0.497 e. The molecule has 1 aromatic carbocycles. The molecule has 0 amide bonds. The van der Waals surface area contributed by atoms with E-state index in [1.807, 2.05) is 31.2 Å². The van der Waals surface area contributed by atoms with Gasteiger partial charge in [0, 0.05) is 24.7 Å². The van der Waals surface area contributed by atoms with Crippen LogP contribution < -0.4 is 10.5 Å². The van der Waals surface area contributed by atoms with Crippen LogP contribution >= 0.6 is 0 Å². The fourth-order valence-electron chi connectivity index (χ4n) is 2.43. The maximum Gasteiger partial charge on any atom is 0.118 e. The third-order valence-corrected chi connectivity index (χ3v) is 3.33. The largest absolute Gasteiger partial charge is 0.497 e. The molecule has 0 aliphatic heterocycles. The summed E-state index contributed by atoms with van der Waals surface area (Å²) in [5.41, 5.74) is 7.30. The third-order valence-electron chi connectivity index (χ3n) is 3.33. The molecule has 0 radical (unpaired) electrons. The second-order valence-electron chi connectivity index (χ2n) is 5.13. The standard InChI is InChI=1S/C15H26N2O2/c1-11(2)17(9-10-18)15(12(3)16)13-5-7-14(19-4)8-6-13/h5-8,11-12,15,18H,9-10,16H2,1-4H3. The molecule has 3 N–H and O–H groups in total. The minimum atomic E-state index is -0.0117.